The van der Waals surface area contributed by atoms with Gasteiger partial charge in [-0.1, -0.05) is 65.7 Å². The Labute approximate surface area is 161 Å². The number of amides is 1. The van der Waals surface area contributed by atoms with E-state index in [-0.39, 0.29) is 11.7 Å². The van der Waals surface area contributed by atoms with Gasteiger partial charge < -0.3 is 5.32 Å². The fourth-order valence-electron chi connectivity index (χ4n) is 2.68. The van der Waals surface area contributed by atoms with Gasteiger partial charge in [-0.05, 0) is 42.3 Å². The molecule has 2 nitrogen and oxygen atoms in total. The summed E-state index contributed by atoms with van der Waals surface area (Å²) in [6.07, 6.45) is 0. The van der Waals surface area contributed by atoms with Crippen molar-refractivity contribution in [3.63, 3.8) is 0 Å². The summed E-state index contributed by atoms with van der Waals surface area (Å²) in [5.41, 5.74) is 2.39. The Hall–Kier alpha value is -2.36. The lowest BCUT2D eigenvalue weighted by molar-refractivity contribution is -0.117. The van der Waals surface area contributed by atoms with E-state index in [0.29, 0.717) is 26.9 Å². The van der Waals surface area contributed by atoms with Gasteiger partial charge in [0.15, 0.2) is 0 Å². The van der Waals surface area contributed by atoms with Crippen LogP contribution in [0, 0.1) is 5.82 Å². The highest BCUT2D eigenvalue weighted by atomic mass is 35.5. The first-order chi connectivity index (χ1) is 12.4. The molecule has 0 bridgehead atoms. The van der Waals surface area contributed by atoms with Gasteiger partial charge in [-0.25, -0.2) is 4.39 Å². The number of carbonyl (C=O) groups excluding carboxylic acids is 1. The molecule has 0 fully saturated rings. The summed E-state index contributed by atoms with van der Waals surface area (Å²) in [5.74, 6) is -1.17. The zero-order valence-corrected chi connectivity index (χ0v) is 15.5. The van der Waals surface area contributed by atoms with Gasteiger partial charge in [0.2, 0.25) is 5.91 Å². The van der Waals surface area contributed by atoms with E-state index in [1.54, 1.807) is 37.3 Å². The molecular weight excluding hydrogens is 372 g/mol. The van der Waals surface area contributed by atoms with Gasteiger partial charge in [-0.15, -0.1) is 0 Å². The van der Waals surface area contributed by atoms with E-state index in [9.17, 15) is 9.18 Å². The van der Waals surface area contributed by atoms with Crippen LogP contribution >= 0.6 is 23.2 Å². The second-order valence-corrected chi connectivity index (χ2v) is 6.85. The molecule has 3 rings (SSSR count). The highest BCUT2D eigenvalue weighted by molar-refractivity contribution is 6.35. The molecular formula is C21H16Cl2FNO. The smallest absolute Gasteiger partial charge is 0.231 e. The van der Waals surface area contributed by atoms with Crippen LogP contribution in [0.4, 0.5) is 10.1 Å². The van der Waals surface area contributed by atoms with E-state index in [2.05, 4.69) is 5.32 Å². The Bertz CT molecular complexity index is 924. The Morgan fingerprint density at radius 2 is 1.62 bits per heavy atom. The molecule has 0 heterocycles. The fraction of sp³-hybridized carbons (Fsp3) is 0.0952. The number of anilines is 1. The molecule has 0 unspecified atom stereocenters. The third-order valence-corrected chi connectivity index (χ3v) is 4.54. The maximum Gasteiger partial charge on any atom is 0.231 e. The average Bonchev–Trinajstić information content (AvgIpc) is 2.60. The summed E-state index contributed by atoms with van der Waals surface area (Å²) in [6.45, 7) is 1.72. The zero-order chi connectivity index (χ0) is 18.7. The van der Waals surface area contributed by atoms with Gasteiger partial charge in [0.1, 0.15) is 5.82 Å². The lowest BCUT2D eigenvalue weighted by Crippen LogP contribution is -2.19. The average molecular weight is 388 g/mol. The molecule has 3 aromatic rings. The Kier molecular flexibility index (Phi) is 5.60. The van der Waals surface area contributed by atoms with Crippen molar-refractivity contribution in [3.05, 3.63) is 88.2 Å². The highest BCUT2D eigenvalue weighted by Gasteiger charge is 2.18. The van der Waals surface area contributed by atoms with Crippen LogP contribution in [0.1, 0.15) is 18.4 Å². The summed E-state index contributed by atoms with van der Waals surface area (Å²) in [6, 6.07) is 18.9. The van der Waals surface area contributed by atoms with Gasteiger partial charge in [0.05, 0.1) is 5.92 Å². The van der Waals surface area contributed by atoms with E-state index in [1.807, 2.05) is 30.3 Å². The molecule has 0 aliphatic heterocycles. The van der Waals surface area contributed by atoms with Gasteiger partial charge >= 0.3 is 0 Å². The standard InChI is InChI=1S/C21H16Cl2FNO/c1-13(21(26)25-18-11-16(22)10-17(23)12-18)15-7-8-19(20(24)9-15)14-5-3-2-4-6-14/h2-13H,1H3,(H,25,26)/t13-/m1/s1. The zero-order valence-electron chi connectivity index (χ0n) is 14.0. The molecule has 0 radical (unpaired) electrons. The predicted octanol–water partition coefficient (Wildman–Crippen LogP) is 6.54. The maximum absolute atomic E-state index is 14.5. The number of benzene rings is 3. The first-order valence-electron chi connectivity index (χ1n) is 8.06. The van der Waals surface area contributed by atoms with Crippen LogP contribution in [0.15, 0.2) is 66.7 Å². The third-order valence-electron chi connectivity index (χ3n) is 4.10. The van der Waals surface area contributed by atoms with E-state index >= 15 is 0 Å². The molecule has 0 aliphatic rings. The lowest BCUT2D eigenvalue weighted by Gasteiger charge is -2.14. The molecule has 5 heteroatoms. The van der Waals surface area contributed by atoms with Crippen LogP contribution in [-0.2, 0) is 4.79 Å². The summed E-state index contributed by atoms with van der Waals surface area (Å²) in [4.78, 5) is 12.5. The Balaban J connectivity index is 1.80. The monoisotopic (exact) mass is 387 g/mol. The van der Waals surface area contributed by atoms with Crippen LogP contribution in [-0.4, -0.2) is 5.91 Å². The van der Waals surface area contributed by atoms with Crippen LogP contribution in [0.25, 0.3) is 11.1 Å². The van der Waals surface area contributed by atoms with Crippen molar-refractivity contribution in [1.82, 2.24) is 0 Å². The molecule has 0 saturated heterocycles. The third kappa shape index (κ3) is 4.24. The van der Waals surface area contributed by atoms with Gasteiger partial charge in [-0.3, -0.25) is 4.79 Å². The molecule has 1 atom stereocenters. The van der Waals surface area contributed by atoms with E-state index in [0.717, 1.165) is 5.56 Å². The normalized spacial score (nSPS) is 11.8. The molecule has 0 saturated carbocycles. The number of carbonyl (C=O) groups is 1. The quantitative estimate of drug-likeness (QED) is 0.540. The Morgan fingerprint density at radius 1 is 0.962 bits per heavy atom. The van der Waals surface area contributed by atoms with Gasteiger partial charge in [0, 0.05) is 21.3 Å². The number of hydrogen-bond acceptors (Lipinski definition) is 1. The summed E-state index contributed by atoms with van der Waals surface area (Å²) >= 11 is 11.9. The number of nitrogens with one attached hydrogen (secondary N) is 1. The first kappa shape index (κ1) is 18.4. The van der Waals surface area contributed by atoms with Crippen molar-refractivity contribution in [2.24, 2.45) is 0 Å². The molecule has 132 valence electrons. The summed E-state index contributed by atoms with van der Waals surface area (Å²) < 4.78 is 14.5. The van der Waals surface area contributed by atoms with Gasteiger partial charge in [-0.2, -0.15) is 0 Å². The molecule has 3 aromatic carbocycles. The van der Waals surface area contributed by atoms with E-state index in [1.165, 1.54) is 6.07 Å². The van der Waals surface area contributed by atoms with Crippen LogP contribution in [0.5, 0.6) is 0 Å². The topological polar surface area (TPSA) is 29.1 Å². The second-order valence-electron chi connectivity index (χ2n) is 5.97. The number of rotatable bonds is 4. The van der Waals surface area contributed by atoms with Crippen molar-refractivity contribution >= 4 is 34.8 Å². The molecule has 0 aliphatic carbocycles. The maximum atomic E-state index is 14.5. The number of hydrogen-bond donors (Lipinski definition) is 1. The second kappa shape index (κ2) is 7.90. The minimum atomic E-state index is -0.535. The van der Waals surface area contributed by atoms with Crippen LogP contribution < -0.4 is 5.32 Å². The molecule has 0 aromatic heterocycles. The summed E-state index contributed by atoms with van der Waals surface area (Å²) in [7, 11) is 0. The predicted molar refractivity (Wildman–Crippen MR) is 105 cm³/mol. The molecule has 0 spiro atoms. The lowest BCUT2D eigenvalue weighted by atomic mass is 9.96. The van der Waals surface area contributed by atoms with Crippen molar-refractivity contribution in [1.29, 1.82) is 0 Å². The minimum absolute atomic E-state index is 0.268. The summed E-state index contributed by atoms with van der Waals surface area (Å²) in [5, 5.41) is 3.62. The van der Waals surface area contributed by atoms with Crippen molar-refractivity contribution < 1.29 is 9.18 Å². The van der Waals surface area contributed by atoms with Crippen molar-refractivity contribution in [2.75, 3.05) is 5.32 Å². The number of halogens is 3. The minimum Gasteiger partial charge on any atom is -0.325 e. The van der Waals surface area contributed by atoms with Gasteiger partial charge in [0.25, 0.3) is 0 Å². The SMILES string of the molecule is C[C@@H](C(=O)Nc1cc(Cl)cc(Cl)c1)c1ccc(-c2ccccc2)c(F)c1. The van der Waals surface area contributed by atoms with Crippen LogP contribution in [0.2, 0.25) is 10.0 Å². The fourth-order valence-corrected chi connectivity index (χ4v) is 3.21. The molecule has 1 amide bonds. The molecule has 1 N–H and O–H groups in total. The van der Waals surface area contributed by atoms with E-state index in [4.69, 9.17) is 23.2 Å². The van der Waals surface area contributed by atoms with Crippen molar-refractivity contribution in [3.8, 4) is 11.1 Å². The van der Waals surface area contributed by atoms with E-state index < -0.39 is 5.92 Å². The van der Waals surface area contributed by atoms with Crippen molar-refractivity contribution in [2.45, 2.75) is 12.8 Å². The largest absolute Gasteiger partial charge is 0.325 e. The first-order valence-corrected chi connectivity index (χ1v) is 8.81. The highest BCUT2D eigenvalue weighted by Crippen LogP contribution is 2.28. The van der Waals surface area contributed by atoms with Crippen LogP contribution in [0.3, 0.4) is 0 Å². The Morgan fingerprint density at radius 3 is 2.23 bits per heavy atom. The molecule has 26 heavy (non-hydrogen) atoms.